The van der Waals surface area contributed by atoms with Crippen LogP contribution < -0.4 is 0 Å². The molecular formula is C36H20N2O2. The van der Waals surface area contributed by atoms with Crippen molar-refractivity contribution in [2.75, 3.05) is 0 Å². The van der Waals surface area contributed by atoms with E-state index < -0.39 is 0 Å². The van der Waals surface area contributed by atoms with Crippen molar-refractivity contribution in [1.82, 2.24) is 9.97 Å². The molecular weight excluding hydrogens is 492 g/mol. The van der Waals surface area contributed by atoms with Gasteiger partial charge >= 0.3 is 0 Å². The molecule has 9 aromatic rings. The minimum Gasteiger partial charge on any atom is -0.456 e. The van der Waals surface area contributed by atoms with Gasteiger partial charge in [-0.2, -0.15) is 0 Å². The topological polar surface area (TPSA) is 52.1 Å². The van der Waals surface area contributed by atoms with Gasteiger partial charge < -0.3 is 8.83 Å². The molecule has 0 fully saturated rings. The zero-order valence-corrected chi connectivity index (χ0v) is 21.3. The minimum atomic E-state index is 0.861. The quantitative estimate of drug-likeness (QED) is 0.216. The first-order valence-corrected chi connectivity index (χ1v) is 13.3. The highest BCUT2D eigenvalue weighted by atomic mass is 16.3. The smallest absolute Gasteiger partial charge is 0.136 e. The summed E-state index contributed by atoms with van der Waals surface area (Å²) in [5, 5.41) is 6.58. The molecule has 0 unspecified atom stereocenters. The van der Waals surface area contributed by atoms with E-state index in [1.165, 1.54) is 0 Å². The lowest BCUT2D eigenvalue weighted by atomic mass is 10.0. The molecule has 4 aromatic heterocycles. The maximum atomic E-state index is 6.14. The van der Waals surface area contributed by atoms with E-state index in [4.69, 9.17) is 18.8 Å². The Hall–Kier alpha value is -5.48. The molecule has 0 aliphatic carbocycles. The zero-order chi connectivity index (χ0) is 26.2. The van der Waals surface area contributed by atoms with Crippen molar-refractivity contribution in [1.29, 1.82) is 0 Å². The molecule has 0 saturated heterocycles. The van der Waals surface area contributed by atoms with Crippen molar-refractivity contribution < 1.29 is 8.83 Å². The van der Waals surface area contributed by atoms with Gasteiger partial charge in [-0.1, -0.05) is 72.8 Å². The van der Waals surface area contributed by atoms with Crippen LogP contribution in [-0.4, -0.2) is 9.97 Å². The average Bonchev–Trinajstić information content (AvgIpc) is 3.58. The predicted octanol–water partition coefficient (Wildman–Crippen LogP) is 9.92. The summed E-state index contributed by atoms with van der Waals surface area (Å²) >= 11 is 0. The normalized spacial score (nSPS) is 12.0. The van der Waals surface area contributed by atoms with Gasteiger partial charge in [-0.3, -0.25) is 0 Å². The third-order valence-electron chi connectivity index (χ3n) is 7.87. The van der Waals surface area contributed by atoms with Crippen molar-refractivity contribution in [3.63, 3.8) is 0 Å². The van der Waals surface area contributed by atoms with E-state index in [1.807, 2.05) is 36.4 Å². The first kappa shape index (κ1) is 21.5. The van der Waals surface area contributed by atoms with Gasteiger partial charge in [-0.05, 0) is 48.5 Å². The first-order valence-electron chi connectivity index (χ1n) is 13.3. The third kappa shape index (κ3) is 3.13. The molecule has 4 heteroatoms. The number of pyridine rings is 2. The largest absolute Gasteiger partial charge is 0.456 e. The van der Waals surface area contributed by atoms with Gasteiger partial charge in [0.2, 0.25) is 0 Å². The molecule has 4 nitrogen and oxygen atoms in total. The van der Waals surface area contributed by atoms with Gasteiger partial charge in [0, 0.05) is 43.4 Å². The standard InChI is InChI=1S/C36H20N2O2/c1-3-7-31-25(5-1)27-15-11-23(19-33(27)39-31)29-17-13-21-9-10-22-14-18-30(38-36(22)35(21)37-29)24-12-16-28-26-6-2-4-8-32(26)40-34(28)20-24/h1-20H. The van der Waals surface area contributed by atoms with Crippen LogP contribution in [0.15, 0.2) is 130 Å². The summed E-state index contributed by atoms with van der Waals surface area (Å²) in [7, 11) is 0. The van der Waals surface area contributed by atoms with Crippen molar-refractivity contribution >= 4 is 65.7 Å². The molecule has 0 radical (unpaired) electrons. The summed E-state index contributed by atoms with van der Waals surface area (Å²) in [6.45, 7) is 0. The molecule has 0 N–H and O–H groups in total. The number of fused-ring (bicyclic) bond motifs is 9. The monoisotopic (exact) mass is 512 g/mol. The fourth-order valence-electron chi connectivity index (χ4n) is 5.86. The summed E-state index contributed by atoms with van der Waals surface area (Å²) in [4.78, 5) is 10.3. The van der Waals surface area contributed by atoms with Crippen LogP contribution in [0.1, 0.15) is 0 Å². The Morgan fingerprint density at radius 1 is 0.375 bits per heavy atom. The zero-order valence-electron chi connectivity index (χ0n) is 21.3. The van der Waals surface area contributed by atoms with Crippen LogP contribution in [0.4, 0.5) is 0 Å². The van der Waals surface area contributed by atoms with E-state index in [0.717, 1.165) is 88.2 Å². The van der Waals surface area contributed by atoms with Crippen LogP contribution in [0, 0.1) is 0 Å². The van der Waals surface area contributed by atoms with Gasteiger partial charge in [0.05, 0.1) is 22.4 Å². The summed E-state index contributed by atoms with van der Waals surface area (Å²) in [5.74, 6) is 0. The molecule has 4 heterocycles. The highest BCUT2D eigenvalue weighted by molar-refractivity contribution is 6.08. The maximum absolute atomic E-state index is 6.14. The fourth-order valence-corrected chi connectivity index (χ4v) is 5.86. The average molecular weight is 513 g/mol. The lowest BCUT2D eigenvalue weighted by molar-refractivity contribution is 0.668. The molecule has 40 heavy (non-hydrogen) atoms. The number of furan rings is 2. The lowest BCUT2D eigenvalue weighted by Gasteiger charge is -2.08. The number of hydrogen-bond acceptors (Lipinski definition) is 4. The van der Waals surface area contributed by atoms with Crippen LogP contribution in [0.5, 0.6) is 0 Å². The Balaban J connectivity index is 1.20. The van der Waals surface area contributed by atoms with E-state index in [2.05, 4.69) is 84.9 Å². The van der Waals surface area contributed by atoms with Crippen LogP contribution in [0.25, 0.3) is 88.2 Å². The maximum Gasteiger partial charge on any atom is 0.136 e. The van der Waals surface area contributed by atoms with Crippen molar-refractivity contribution in [3.8, 4) is 22.5 Å². The Kier molecular flexibility index (Phi) is 4.30. The number of rotatable bonds is 2. The summed E-state index contributed by atoms with van der Waals surface area (Å²) in [5.41, 5.74) is 9.07. The van der Waals surface area contributed by atoms with Crippen molar-refractivity contribution in [3.05, 3.63) is 121 Å². The fraction of sp³-hybridized carbons (Fsp3) is 0. The molecule has 0 spiro atoms. The molecule has 0 aliphatic heterocycles. The van der Waals surface area contributed by atoms with E-state index in [0.29, 0.717) is 0 Å². The number of benzene rings is 5. The highest BCUT2D eigenvalue weighted by Gasteiger charge is 2.13. The Morgan fingerprint density at radius 2 is 0.800 bits per heavy atom. The summed E-state index contributed by atoms with van der Waals surface area (Å²) in [6.07, 6.45) is 0. The van der Waals surface area contributed by atoms with Crippen molar-refractivity contribution in [2.45, 2.75) is 0 Å². The predicted molar refractivity (Wildman–Crippen MR) is 162 cm³/mol. The SMILES string of the molecule is c1ccc2c(c1)oc1cc(-c3ccc4ccc5ccc(-c6ccc7c(c6)oc6ccccc67)nc5c4n3)ccc12. The molecule has 0 aliphatic rings. The number of aromatic nitrogens is 2. The molecule has 0 saturated carbocycles. The Morgan fingerprint density at radius 3 is 1.30 bits per heavy atom. The highest BCUT2D eigenvalue weighted by Crippen LogP contribution is 2.35. The molecule has 0 amide bonds. The van der Waals surface area contributed by atoms with E-state index in [-0.39, 0.29) is 0 Å². The van der Waals surface area contributed by atoms with E-state index >= 15 is 0 Å². The van der Waals surface area contributed by atoms with Crippen LogP contribution >= 0.6 is 0 Å². The third-order valence-corrected chi connectivity index (χ3v) is 7.87. The molecule has 186 valence electrons. The number of hydrogen-bond donors (Lipinski definition) is 0. The minimum absolute atomic E-state index is 0.861. The first-order chi connectivity index (χ1) is 19.8. The summed E-state index contributed by atoms with van der Waals surface area (Å²) < 4.78 is 12.3. The van der Waals surface area contributed by atoms with Crippen LogP contribution in [-0.2, 0) is 0 Å². The second kappa shape index (κ2) is 8.01. The molecule has 0 bridgehead atoms. The Bertz CT molecular complexity index is 2280. The second-order valence-corrected chi connectivity index (χ2v) is 10.2. The molecule has 5 aromatic carbocycles. The second-order valence-electron chi connectivity index (χ2n) is 10.2. The van der Waals surface area contributed by atoms with Gasteiger partial charge in [0.15, 0.2) is 0 Å². The molecule has 9 rings (SSSR count). The molecule has 0 atom stereocenters. The van der Waals surface area contributed by atoms with Gasteiger partial charge in [-0.25, -0.2) is 9.97 Å². The Labute approximate surface area is 228 Å². The van der Waals surface area contributed by atoms with Crippen LogP contribution in [0.3, 0.4) is 0 Å². The lowest BCUT2D eigenvalue weighted by Crippen LogP contribution is -1.91. The van der Waals surface area contributed by atoms with Gasteiger partial charge in [-0.15, -0.1) is 0 Å². The van der Waals surface area contributed by atoms with Crippen molar-refractivity contribution in [2.24, 2.45) is 0 Å². The number of para-hydroxylation sites is 2. The summed E-state index contributed by atoms with van der Waals surface area (Å²) in [6, 6.07) is 41.5. The number of nitrogens with zero attached hydrogens (tertiary/aromatic N) is 2. The van der Waals surface area contributed by atoms with Crippen LogP contribution in [0.2, 0.25) is 0 Å². The van der Waals surface area contributed by atoms with E-state index in [9.17, 15) is 0 Å². The van der Waals surface area contributed by atoms with E-state index in [1.54, 1.807) is 0 Å². The van der Waals surface area contributed by atoms with Gasteiger partial charge in [0.1, 0.15) is 22.3 Å². The van der Waals surface area contributed by atoms with Gasteiger partial charge in [0.25, 0.3) is 0 Å².